The molecule has 0 unspecified atom stereocenters. The van der Waals surface area contributed by atoms with Gasteiger partial charge in [0.15, 0.2) is 5.82 Å². The summed E-state index contributed by atoms with van der Waals surface area (Å²) in [5.74, 6) is 1.16. The lowest BCUT2D eigenvalue weighted by Crippen LogP contribution is -2.42. The molecule has 4 rings (SSSR count). The van der Waals surface area contributed by atoms with Gasteiger partial charge in [-0.15, -0.1) is 5.10 Å². The summed E-state index contributed by atoms with van der Waals surface area (Å²) >= 11 is 0. The Morgan fingerprint density at radius 3 is 2.64 bits per heavy atom. The van der Waals surface area contributed by atoms with E-state index in [0.29, 0.717) is 48.4 Å². The minimum Gasteiger partial charge on any atom is -0.389 e. The van der Waals surface area contributed by atoms with Crippen molar-refractivity contribution in [2.45, 2.75) is 70.9 Å². The van der Waals surface area contributed by atoms with Gasteiger partial charge in [-0.2, -0.15) is 0 Å². The minimum absolute atomic E-state index is 0.155. The zero-order valence-corrected chi connectivity index (χ0v) is 17.0. The van der Waals surface area contributed by atoms with Crippen molar-refractivity contribution in [2.75, 3.05) is 18.5 Å². The Hall–Kier alpha value is -1.73. The maximum atomic E-state index is 14.5. The second kappa shape index (κ2) is 7.59. The van der Waals surface area contributed by atoms with Crippen molar-refractivity contribution < 1.29 is 14.2 Å². The summed E-state index contributed by atoms with van der Waals surface area (Å²) in [4.78, 5) is 4.26. The Labute approximate surface area is 165 Å². The topological polar surface area (TPSA) is 71.7 Å². The Kier molecular flexibility index (Phi) is 5.31. The standard InChI is InChI=1S/C21H31FN4O2/c1-21(2,3)14-6-4-13(5-7-14)17-10-15(22)18-11-23-20(25-26(17)18)24-16-8-9-28-12-19(16)27/h10-11,13-14,16,19,27H,4-9,12H2,1-3H3,(H,24,25)/t13?,14?,16-,19-/m1/s1. The van der Waals surface area contributed by atoms with Gasteiger partial charge in [0.05, 0.1) is 24.9 Å². The minimum atomic E-state index is -0.596. The Balaban J connectivity index is 1.56. The lowest BCUT2D eigenvalue weighted by Gasteiger charge is -2.36. The van der Waals surface area contributed by atoms with Gasteiger partial charge in [0.25, 0.3) is 0 Å². The van der Waals surface area contributed by atoms with E-state index in [1.807, 2.05) is 0 Å². The smallest absolute Gasteiger partial charge is 0.241 e. The van der Waals surface area contributed by atoms with E-state index in [1.165, 1.54) is 6.20 Å². The van der Waals surface area contributed by atoms with E-state index in [1.54, 1.807) is 10.6 Å². The number of hydrogen-bond donors (Lipinski definition) is 2. The lowest BCUT2D eigenvalue weighted by atomic mass is 9.69. The fourth-order valence-corrected chi connectivity index (χ4v) is 4.65. The highest BCUT2D eigenvalue weighted by Gasteiger charge is 2.32. The van der Waals surface area contributed by atoms with Crippen LogP contribution in [0.3, 0.4) is 0 Å². The van der Waals surface area contributed by atoms with Crippen LogP contribution < -0.4 is 5.32 Å². The molecule has 2 aliphatic rings. The van der Waals surface area contributed by atoms with Gasteiger partial charge in [-0.25, -0.2) is 13.9 Å². The van der Waals surface area contributed by atoms with Crippen molar-refractivity contribution in [2.24, 2.45) is 11.3 Å². The first kappa shape index (κ1) is 19.6. The van der Waals surface area contributed by atoms with Crippen molar-refractivity contribution in [3.05, 3.63) is 23.8 Å². The first-order chi connectivity index (χ1) is 13.3. The van der Waals surface area contributed by atoms with Crippen molar-refractivity contribution in [3.8, 4) is 0 Å². The first-order valence-electron chi connectivity index (χ1n) is 10.4. The van der Waals surface area contributed by atoms with Crippen LogP contribution in [0.15, 0.2) is 12.3 Å². The Morgan fingerprint density at radius 1 is 1.21 bits per heavy atom. The second-order valence-corrected chi connectivity index (χ2v) is 9.39. The number of nitrogens with one attached hydrogen (secondary N) is 1. The van der Waals surface area contributed by atoms with Gasteiger partial charge in [0.1, 0.15) is 5.52 Å². The number of aromatic nitrogens is 3. The molecule has 1 aliphatic heterocycles. The number of anilines is 1. The number of aliphatic hydroxyl groups is 1. The molecule has 1 saturated heterocycles. The van der Waals surface area contributed by atoms with E-state index >= 15 is 0 Å². The van der Waals surface area contributed by atoms with Crippen molar-refractivity contribution in [1.29, 1.82) is 0 Å². The fraction of sp³-hybridized carbons (Fsp3) is 0.714. The maximum Gasteiger partial charge on any atom is 0.241 e. The number of ether oxygens (including phenoxy) is 1. The fourth-order valence-electron chi connectivity index (χ4n) is 4.65. The highest BCUT2D eigenvalue weighted by atomic mass is 19.1. The van der Waals surface area contributed by atoms with Crippen molar-refractivity contribution in [1.82, 2.24) is 14.6 Å². The zero-order valence-electron chi connectivity index (χ0n) is 17.0. The van der Waals surface area contributed by atoms with Crippen LogP contribution in [-0.2, 0) is 4.74 Å². The average Bonchev–Trinajstić information content (AvgIpc) is 2.99. The highest BCUT2D eigenvalue weighted by Crippen LogP contribution is 2.43. The largest absolute Gasteiger partial charge is 0.389 e. The van der Waals surface area contributed by atoms with E-state index in [-0.39, 0.29) is 11.9 Å². The van der Waals surface area contributed by atoms with Gasteiger partial charge >= 0.3 is 0 Å². The quantitative estimate of drug-likeness (QED) is 0.835. The molecular formula is C21H31FN4O2. The third-order valence-corrected chi connectivity index (χ3v) is 6.51. The monoisotopic (exact) mass is 390 g/mol. The molecule has 0 aromatic carbocycles. The van der Waals surface area contributed by atoms with E-state index in [4.69, 9.17) is 4.74 Å². The molecule has 0 bridgehead atoms. The average molecular weight is 391 g/mol. The summed E-state index contributed by atoms with van der Waals surface area (Å²) < 4.78 is 21.5. The Morgan fingerprint density at radius 2 is 1.96 bits per heavy atom. The number of halogens is 1. The van der Waals surface area contributed by atoms with Gasteiger partial charge in [-0.1, -0.05) is 20.8 Å². The third-order valence-electron chi connectivity index (χ3n) is 6.51. The van der Waals surface area contributed by atoms with E-state index in [2.05, 4.69) is 36.2 Å². The number of nitrogens with zero attached hydrogens (tertiary/aromatic N) is 3. The predicted molar refractivity (Wildman–Crippen MR) is 106 cm³/mol. The molecule has 2 N–H and O–H groups in total. The predicted octanol–water partition coefficient (Wildman–Crippen LogP) is 3.75. The van der Waals surface area contributed by atoms with Crippen LogP contribution in [0.5, 0.6) is 0 Å². The van der Waals surface area contributed by atoms with E-state index in [0.717, 1.165) is 31.4 Å². The Bertz CT molecular complexity index is 824. The number of fused-ring (bicyclic) bond motifs is 1. The third kappa shape index (κ3) is 3.87. The molecule has 2 aromatic rings. The van der Waals surface area contributed by atoms with Gasteiger partial charge in [0, 0.05) is 18.2 Å². The van der Waals surface area contributed by atoms with Crippen LogP contribution in [0.1, 0.15) is 64.5 Å². The van der Waals surface area contributed by atoms with Crippen LogP contribution in [0.2, 0.25) is 0 Å². The molecule has 2 aromatic heterocycles. The number of rotatable bonds is 3. The van der Waals surface area contributed by atoms with Gasteiger partial charge < -0.3 is 15.2 Å². The van der Waals surface area contributed by atoms with Crippen LogP contribution in [-0.4, -0.2) is 45.1 Å². The normalized spacial score (nSPS) is 29.2. The molecule has 3 heterocycles. The molecule has 1 saturated carbocycles. The molecule has 7 heteroatoms. The SMILES string of the molecule is CC(C)(C)C1CCC(c2cc(F)c3cnc(N[C@@H]4CCOC[C@H]4O)nn23)CC1. The van der Waals surface area contributed by atoms with Crippen LogP contribution >= 0.6 is 0 Å². The van der Waals surface area contributed by atoms with Gasteiger partial charge in [-0.05, 0) is 49.5 Å². The summed E-state index contributed by atoms with van der Waals surface area (Å²) in [5.41, 5.74) is 1.66. The molecule has 0 amide bonds. The van der Waals surface area contributed by atoms with Gasteiger partial charge in [0.2, 0.25) is 5.95 Å². The summed E-state index contributed by atoms with van der Waals surface area (Å²) in [5, 5.41) is 17.9. The van der Waals surface area contributed by atoms with Crippen LogP contribution in [0.4, 0.5) is 10.3 Å². The summed E-state index contributed by atoms with van der Waals surface area (Å²) in [6.07, 6.45) is 6.05. The summed E-state index contributed by atoms with van der Waals surface area (Å²) in [7, 11) is 0. The molecule has 154 valence electrons. The van der Waals surface area contributed by atoms with Crippen molar-refractivity contribution >= 4 is 11.5 Å². The summed E-state index contributed by atoms with van der Waals surface area (Å²) in [6.45, 7) is 7.82. The molecule has 1 aliphatic carbocycles. The second-order valence-electron chi connectivity index (χ2n) is 9.39. The zero-order chi connectivity index (χ0) is 19.9. The lowest BCUT2D eigenvalue weighted by molar-refractivity contribution is -0.0136. The van der Waals surface area contributed by atoms with E-state index < -0.39 is 6.10 Å². The number of aliphatic hydroxyl groups excluding tert-OH is 1. The molecule has 6 nitrogen and oxygen atoms in total. The molecule has 28 heavy (non-hydrogen) atoms. The van der Waals surface area contributed by atoms with Crippen LogP contribution in [0, 0.1) is 17.2 Å². The van der Waals surface area contributed by atoms with Gasteiger partial charge in [-0.3, -0.25) is 0 Å². The highest BCUT2D eigenvalue weighted by molar-refractivity contribution is 5.50. The maximum absolute atomic E-state index is 14.5. The van der Waals surface area contributed by atoms with Crippen molar-refractivity contribution in [3.63, 3.8) is 0 Å². The molecular weight excluding hydrogens is 359 g/mol. The molecule has 2 atom stereocenters. The molecule has 0 spiro atoms. The summed E-state index contributed by atoms with van der Waals surface area (Å²) in [6, 6.07) is 1.47. The first-order valence-corrected chi connectivity index (χ1v) is 10.4. The number of hydrogen-bond acceptors (Lipinski definition) is 5. The molecule has 2 fully saturated rings. The van der Waals surface area contributed by atoms with Crippen LogP contribution in [0.25, 0.3) is 5.52 Å². The molecule has 0 radical (unpaired) electrons. The van der Waals surface area contributed by atoms with E-state index in [9.17, 15) is 9.50 Å².